The second-order valence-electron chi connectivity index (χ2n) is 8.74. The number of amides is 2. The lowest BCUT2D eigenvalue weighted by Crippen LogP contribution is -2.38. The average Bonchev–Trinajstić information content (AvgIpc) is 2.91. The largest absolute Gasteiger partial charge is 0.493 e. The molecule has 0 fully saturated rings. The highest BCUT2D eigenvalue weighted by atomic mass is 32.2. The highest BCUT2D eigenvalue weighted by Gasteiger charge is 2.28. The number of aryl methyl sites for hydroxylation is 1. The van der Waals surface area contributed by atoms with E-state index in [0.717, 1.165) is 16.3 Å². The van der Waals surface area contributed by atoms with Crippen LogP contribution in [-0.2, 0) is 14.8 Å². The van der Waals surface area contributed by atoms with Gasteiger partial charge in [-0.3, -0.25) is 13.9 Å². The minimum Gasteiger partial charge on any atom is -0.493 e. The smallest absolute Gasteiger partial charge is 0.264 e. The van der Waals surface area contributed by atoms with Crippen molar-refractivity contribution in [3.05, 3.63) is 77.9 Å². The quantitative estimate of drug-likeness (QED) is 0.374. The van der Waals surface area contributed by atoms with Crippen LogP contribution >= 0.6 is 0 Å². The van der Waals surface area contributed by atoms with Gasteiger partial charge in [-0.05, 0) is 56.7 Å². The van der Waals surface area contributed by atoms with E-state index in [1.165, 1.54) is 38.5 Å². The molecule has 0 saturated heterocycles. The van der Waals surface area contributed by atoms with Crippen molar-refractivity contribution in [3.8, 4) is 11.5 Å². The number of carbonyl (C=O) groups excluding carboxylic acids is 2. The number of methoxy groups -OCH3 is 2. The summed E-state index contributed by atoms with van der Waals surface area (Å²) in [6.45, 7) is 5.14. The summed E-state index contributed by atoms with van der Waals surface area (Å²) in [6.07, 6.45) is 0.747. The minimum absolute atomic E-state index is 0.0269. The average molecular weight is 540 g/mol. The monoisotopic (exact) mass is 539 g/mol. The van der Waals surface area contributed by atoms with Crippen LogP contribution in [-0.4, -0.2) is 47.0 Å². The van der Waals surface area contributed by atoms with Crippen molar-refractivity contribution in [3.63, 3.8) is 0 Å². The van der Waals surface area contributed by atoms with Crippen LogP contribution in [0.15, 0.2) is 71.6 Å². The van der Waals surface area contributed by atoms with Crippen LogP contribution in [0.25, 0.3) is 0 Å². The number of hydrogen-bond donors (Lipinski definition) is 2. The number of hydrogen-bond acceptors (Lipinski definition) is 6. The Balaban J connectivity index is 1.98. The number of para-hydroxylation sites is 1. The number of anilines is 2. The zero-order valence-electron chi connectivity index (χ0n) is 22.1. The molecule has 9 nitrogen and oxygen atoms in total. The van der Waals surface area contributed by atoms with Crippen molar-refractivity contribution in [2.24, 2.45) is 0 Å². The van der Waals surface area contributed by atoms with E-state index in [1.54, 1.807) is 42.5 Å². The van der Waals surface area contributed by atoms with Gasteiger partial charge in [-0.2, -0.15) is 0 Å². The molecule has 0 heterocycles. The molecule has 3 aromatic rings. The van der Waals surface area contributed by atoms with E-state index < -0.39 is 22.5 Å². The summed E-state index contributed by atoms with van der Waals surface area (Å²) in [6, 6.07) is 17.5. The number of nitrogens with zero attached hydrogens (tertiary/aromatic N) is 1. The van der Waals surface area contributed by atoms with Gasteiger partial charge in [-0.15, -0.1) is 0 Å². The number of ether oxygens (including phenoxy) is 2. The van der Waals surface area contributed by atoms with Gasteiger partial charge in [0.25, 0.3) is 15.9 Å². The van der Waals surface area contributed by atoms with Crippen molar-refractivity contribution in [1.29, 1.82) is 0 Å². The second-order valence-corrected chi connectivity index (χ2v) is 10.6. The highest BCUT2D eigenvalue weighted by Crippen LogP contribution is 2.34. The molecule has 2 amide bonds. The maximum Gasteiger partial charge on any atom is 0.264 e. The molecule has 0 aliphatic rings. The summed E-state index contributed by atoms with van der Waals surface area (Å²) in [4.78, 5) is 26.0. The fourth-order valence-electron chi connectivity index (χ4n) is 3.65. The van der Waals surface area contributed by atoms with E-state index in [9.17, 15) is 18.0 Å². The SMILES string of the molecule is CC[C@@H](C)NC(=O)c1ccccc1NC(=O)CN(c1ccc(OC)c(OC)c1)S(=O)(=O)c1ccc(C)cc1. The predicted octanol–water partition coefficient (Wildman–Crippen LogP) is 4.37. The van der Waals surface area contributed by atoms with Crippen molar-refractivity contribution in [2.75, 3.05) is 30.4 Å². The van der Waals surface area contributed by atoms with Crippen molar-refractivity contribution < 1.29 is 27.5 Å². The number of benzene rings is 3. The Labute approximate surface area is 223 Å². The third kappa shape index (κ3) is 6.63. The number of sulfonamides is 1. The topological polar surface area (TPSA) is 114 Å². The van der Waals surface area contributed by atoms with Gasteiger partial charge >= 0.3 is 0 Å². The molecule has 0 saturated carbocycles. The van der Waals surface area contributed by atoms with Gasteiger partial charge in [0.15, 0.2) is 11.5 Å². The molecule has 0 aliphatic heterocycles. The van der Waals surface area contributed by atoms with Crippen LogP contribution in [0.4, 0.5) is 11.4 Å². The van der Waals surface area contributed by atoms with E-state index >= 15 is 0 Å². The number of nitrogens with one attached hydrogen (secondary N) is 2. The molecule has 3 aromatic carbocycles. The summed E-state index contributed by atoms with van der Waals surface area (Å²) < 4.78 is 39.1. The van der Waals surface area contributed by atoms with Crippen molar-refractivity contribution >= 4 is 33.2 Å². The summed E-state index contributed by atoms with van der Waals surface area (Å²) in [5.41, 5.74) is 1.66. The van der Waals surface area contributed by atoms with Crippen LogP contribution in [0.2, 0.25) is 0 Å². The normalized spacial score (nSPS) is 11.8. The molecule has 3 rings (SSSR count). The van der Waals surface area contributed by atoms with Crippen molar-refractivity contribution in [2.45, 2.75) is 38.1 Å². The first-order chi connectivity index (χ1) is 18.1. The van der Waals surface area contributed by atoms with Gasteiger partial charge in [0.05, 0.1) is 36.1 Å². The van der Waals surface area contributed by atoms with E-state index in [1.807, 2.05) is 20.8 Å². The molecule has 202 valence electrons. The Morgan fingerprint density at radius 3 is 2.24 bits per heavy atom. The van der Waals surface area contributed by atoms with Gasteiger partial charge in [0, 0.05) is 12.1 Å². The van der Waals surface area contributed by atoms with E-state index in [0.29, 0.717) is 11.5 Å². The molecule has 0 aliphatic carbocycles. The molecular formula is C28H33N3O6S. The lowest BCUT2D eigenvalue weighted by atomic mass is 10.1. The van der Waals surface area contributed by atoms with E-state index in [-0.39, 0.29) is 33.8 Å². The van der Waals surface area contributed by atoms with E-state index in [4.69, 9.17) is 9.47 Å². The molecular weight excluding hydrogens is 506 g/mol. The van der Waals surface area contributed by atoms with Gasteiger partial charge < -0.3 is 20.1 Å². The molecule has 0 unspecified atom stereocenters. The van der Waals surface area contributed by atoms with Crippen LogP contribution in [0.3, 0.4) is 0 Å². The van der Waals surface area contributed by atoms with Crippen LogP contribution in [0, 0.1) is 6.92 Å². The third-order valence-corrected chi connectivity index (χ3v) is 7.78. The molecule has 38 heavy (non-hydrogen) atoms. The maximum absolute atomic E-state index is 13.7. The Morgan fingerprint density at radius 1 is 0.947 bits per heavy atom. The Kier molecular flexibility index (Phi) is 9.35. The first-order valence-corrected chi connectivity index (χ1v) is 13.6. The predicted molar refractivity (Wildman–Crippen MR) is 148 cm³/mol. The lowest BCUT2D eigenvalue weighted by Gasteiger charge is -2.25. The Hall–Kier alpha value is -4.05. The molecule has 0 aromatic heterocycles. The highest BCUT2D eigenvalue weighted by molar-refractivity contribution is 7.92. The summed E-state index contributed by atoms with van der Waals surface area (Å²) in [7, 11) is -1.24. The van der Waals surface area contributed by atoms with Crippen LogP contribution in [0.1, 0.15) is 36.2 Å². The van der Waals surface area contributed by atoms with Crippen LogP contribution < -0.4 is 24.4 Å². The van der Waals surface area contributed by atoms with Gasteiger partial charge in [0.1, 0.15) is 6.54 Å². The molecule has 0 radical (unpaired) electrons. The number of carbonyl (C=O) groups is 2. The number of rotatable bonds is 11. The first kappa shape index (κ1) is 28.5. The first-order valence-electron chi connectivity index (χ1n) is 12.1. The molecule has 0 bridgehead atoms. The van der Waals surface area contributed by atoms with E-state index in [2.05, 4.69) is 10.6 Å². The summed E-state index contributed by atoms with van der Waals surface area (Å²) in [5.74, 6) is -0.241. The third-order valence-electron chi connectivity index (χ3n) is 5.99. The minimum atomic E-state index is -4.15. The van der Waals surface area contributed by atoms with Crippen LogP contribution in [0.5, 0.6) is 11.5 Å². The van der Waals surface area contributed by atoms with Gasteiger partial charge in [0.2, 0.25) is 5.91 Å². The fourth-order valence-corrected chi connectivity index (χ4v) is 5.06. The molecule has 2 N–H and O–H groups in total. The molecule has 1 atom stereocenters. The zero-order chi connectivity index (χ0) is 27.9. The standard InChI is InChI=1S/C28H33N3O6S/c1-6-20(3)29-28(33)23-9-7-8-10-24(23)30-27(32)18-31(21-13-16-25(36-4)26(17-21)37-5)38(34,35)22-14-11-19(2)12-15-22/h7-17,20H,6,18H2,1-5H3,(H,29,33)(H,30,32)/t20-/m1/s1. The Morgan fingerprint density at radius 2 is 1.61 bits per heavy atom. The fraction of sp³-hybridized carbons (Fsp3) is 0.286. The van der Waals surface area contributed by atoms with Gasteiger partial charge in [-0.25, -0.2) is 8.42 Å². The van der Waals surface area contributed by atoms with Crippen molar-refractivity contribution in [1.82, 2.24) is 5.32 Å². The zero-order valence-corrected chi connectivity index (χ0v) is 23.0. The van der Waals surface area contributed by atoms with Gasteiger partial charge in [-0.1, -0.05) is 36.8 Å². The maximum atomic E-state index is 13.7. The lowest BCUT2D eigenvalue weighted by molar-refractivity contribution is -0.114. The second kappa shape index (κ2) is 12.5. The Bertz CT molecular complexity index is 1390. The molecule has 10 heteroatoms. The summed E-state index contributed by atoms with van der Waals surface area (Å²) in [5, 5.41) is 5.58. The summed E-state index contributed by atoms with van der Waals surface area (Å²) >= 11 is 0. The molecule has 0 spiro atoms.